The van der Waals surface area contributed by atoms with E-state index in [1.807, 2.05) is 0 Å². The zero-order valence-electron chi connectivity index (χ0n) is 11.4. The summed E-state index contributed by atoms with van der Waals surface area (Å²) in [6.07, 6.45) is 3.08. The molecule has 0 spiro atoms. The lowest BCUT2D eigenvalue weighted by molar-refractivity contribution is -0.120. The van der Waals surface area contributed by atoms with E-state index in [2.05, 4.69) is 33.0 Å². The van der Waals surface area contributed by atoms with E-state index in [0.717, 1.165) is 19.3 Å². The molecule has 1 rings (SSSR count). The van der Waals surface area contributed by atoms with Gasteiger partial charge < -0.3 is 10.4 Å². The van der Waals surface area contributed by atoms with Gasteiger partial charge in [0.2, 0.25) is 5.91 Å². The molecule has 1 aliphatic rings. The summed E-state index contributed by atoms with van der Waals surface area (Å²) in [6, 6.07) is 0.139. The summed E-state index contributed by atoms with van der Waals surface area (Å²) >= 11 is 1.66. The molecule has 1 amide bonds. The molecule has 2 atom stereocenters. The molecule has 1 fully saturated rings. The van der Waals surface area contributed by atoms with Gasteiger partial charge in [0.15, 0.2) is 0 Å². The highest BCUT2D eigenvalue weighted by atomic mass is 32.2. The standard InChI is InChI=1S/C13H25NO2S/c1-12(2,3)17-8-11(16)14-10-6-5-7-13(10,4)9-15/h10,15H,5-9H2,1-4H3,(H,14,16). The Kier molecular flexibility index (Phi) is 4.90. The van der Waals surface area contributed by atoms with Crippen LogP contribution in [0.5, 0.6) is 0 Å². The van der Waals surface area contributed by atoms with Gasteiger partial charge in [-0.1, -0.05) is 34.1 Å². The predicted molar refractivity (Wildman–Crippen MR) is 73.2 cm³/mol. The lowest BCUT2D eigenvalue weighted by Gasteiger charge is -2.30. The lowest BCUT2D eigenvalue weighted by atomic mass is 9.86. The van der Waals surface area contributed by atoms with Crippen LogP contribution >= 0.6 is 11.8 Å². The van der Waals surface area contributed by atoms with E-state index >= 15 is 0 Å². The topological polar surface area (TPSA) is 49.3 Å². The van der Waals surface area contributed by atoms with Crippen LogP contribution in [0.2, 0.25) is 0 Å². The second-order valence-electron chi connectivity index (χ2n) is 6.23. The van der Waals surface area contributed by atoms with Crippen LogP contribution in [0.1, 0.15) is 47.0 Å². The zero-order valence-corrected chi connectivity index (χ0v) is 12.2. The molecule has 0 radical (unpaired) electrons. The number of aliphatic hydroxyl groups excluding tert-OH is 1. The van der Waals surface area contributed by atoms with Crippen molar-refractivity contribution >= 4 is 17.7 Å². The van der Waals surface area contributed by atoms with E-state index in [1.54, 1.807) is 11.8 Å². The average molecular weight is 259 g/mol. The molecular formula is C13H25NO2S. The fraction of sp³-hybridized carbons (Fsp3) is 0.923. The Morgan fingerprint density at radius 1 is 1.53 bits per heavy atom. The number of hydrogen-bond donors (Lipinski definition) is 2. The monoisotopic (exact) mass is 259 g/mol. The van der Waals surface area contributed by atoms with E-state index in [0.29, 0.717) is 5.75 Å². The Morgan fingerprint density at radius 3 is 2.71 bits per heavy atom. The molecule has 17 heavy (non-hydrogen) atoms. The number of aliphatic hydroxyl groups is 1. The van der Waals surface area contributed by atoms with E-state index in [9.17, 15) is 9.90 Å². The first kappa shape index (κ1) is 14.8. The molecule has 0 aromatic rings. The molecular weight excluding hydrogens is 234 g/mol. The van der Waals surface area contributed by atoms with Crippen molar-refractivity contribution in [2.24, 2.45) is 5.41 Å². The van der Waals surface area contributed by atoms with Gasteiger partial charge in [0.25, 0.3) is 0 Å². The second kappa shape index (κ2) is 5.61. The molecule has 1 saturated carbocycles. The van der Waals surface area contributed by atoms with Crippen molar-refractivity contribution in [2.45, 2.75) is 57.7 Å². The lowest BCUT2D eigenvalue weighted by Crippen LogP contribution is -2.45. The Bertz CT molecular complexity index is 275. The largest absolute Gasteiger partial charge is 0.396 e. The van der Waals surface area contributed by atoms with Crippen molar-refractivity contribution in [3.8, 4) is 0 Å². The van der Waals surface area contributed by atoms with E-state index < -0.39 is 0 Å². The van der Waals surface area contributed by atoms with Crippen molar-refractivity contribution < 1.29 is 9.90 Å². The molecule has 1 aliphatic carbocycles. The van der Waals surface area contributed by atoms with Crippen LogP contribution in [0.4, 0.5) is 0 Å². The zero-order chi connectivity index (χ0) is 13.1. The SMILES string of the molecule is CC(C)(C)SCC(=O)NC1CCCC1(C)CO. The number of amides is 1. The Balaban J connectivity index is 2.41. The average Bonchev–Trinajstić information content (AvgIpc) is 2.57. The third kappa shape index (κ3) is 4.51. The summed E-state index contributed by atoms with van der Waals surface area (Å²) in [5, 5.41) is 12.5. The third-order valence-electron chi connectivity index (χ3n) is 3.41. The molecule has 0 bridgehead atoms. The summed E-state index contributed by atoms with van der Waals surface area (Å²) in [7, 11) is 0. The number of rotatable bonds is 4. The molecule has 0 aromatic carbocycles. The smallest absolute Gasteiger partial charge is 0.230 e. The van der Waals surface area contributed by atoms with Crippen LogP contribution in [-0.2, 0) is 4.79 Å². The number of hydrogen-bond acceptors (Lipinski definition) is 3. The molecule has 3 nitrogen and oxygen atoms in total. The minimum Gasteiger partial charge on any atom is -0.396 e. The van der Waals surface area contributed by atoms with Crippen LogP contribution in [0.25, 0.3) is 0 Å². The Hall–Kier alpha value is -0.220. The molecule has 4 heteroatoms. The minimum atomic E-state index is -0.123. The highest BCUT2D eigenvalue weighted by molar-refractivity contribution is 8.01. The van der Waals surface area contributed by atoms with Crippen LogP contribution < -0.4 is 5.32 Å². The fourth-order valence-corrected chi connectivity index (χ4v) is 2.83. The van der Waals surface area contributed by atoms with Gasteiger partial charge in [0, 0.05) is 16.2 Å². The van der Waals surface area contributed by atoms with Crippen molar-refractivity contribution in [3.63, 3.8) is 0 Å². The van der Waals surface area contributed by atoms with Crippen LogP contribution in [0.15, 0.2) is 0 Å². The van der Waals surface area contributed by atoms with Gasteiger partial charge in [-0.15, -0.1) is 11.8 Å². The van der Waals surface area contributed by atoms with Crippen LogP contribution in [0.3, 0.4) is 0 Å². The first-order valence-corrected chi connectivity index (χ1v) is 7.30. The molecule has 0 heterocycles. The first-order valence-electron chi connectivity index (χ1n) is 6.31. The Labute approximate surface area is 109 Å². The maximum absolute atomic E-state index is 11.8. The minimum absolute atomic E-state index is 0.0940. The molecule has 0 aliphatic heterocycles. The van der Waals surface area contributed by atoms with Crippen molar-refractivity contribution in [1.29, 1.82) is 0 Å². The number of nitrogens with one attached hydrogen (secondary N) is 1. The number of carbonyl (C=O) groups is 1. The summed E-state index contributed by atoms with van der Waals surface area (Å²) in [6.45, 7) is 8.54. The molecule has 0 aromatic heterocycles. The summed E-state index contributed by atoms with van der Waals surface area (Å²) in [5.41, 5.74) is -0.123. The van der Waals surface area contributed by atoms with Crippen molar-refractivity contribution in [1.82, 2.24) is 5.32 Å². The van der Waals surface area contributed by atoms with Crippen LogP contribution in [0, 0.1) is 5.41 Å². The van der Waals surface area contributed by atoms with E-state index in [4.69, 9.17) is 0 Å². The van der Waals surface area contributed by atoms with E-state index in [-0.39, 0.29) is 28.7 Å². The highest BCUT2D eigenvalue weighted by Crippen LogP contribution is 2.37. The van der Waals surface area contributed by atoms with Crippen LogP contribution in [-0.4, -0.2) is 34.2 Å². The molecule has 2 N–H and O–H groups in total. The quantitative estimate of drug-likeness (QED) is 0.813. The van der Waals surface area contributed by atoms with Gasteiger partial charge in [-0.25, -0.2) is 0 Å². The van der Waals surface area contributed by atoms with Gasteiger partial charge >= 0.3 is 0 Å². The Morgan fingerprint density at radius 2 is 2.18 bits per heavy atom. The maximum atomic E-state index is 11.8. The number of carbonyl (C=O) groups excluding carboxylic acids is 1. The van der Waals surface area contributed by atoms with E-state index in [1.165, 1.54) is 0 Å². The highest BCUT2D eigenvalue weighted by Gasteiger charge is 2.39. The molecule has 0 saturated heterocycles. The summed E-state index contributed by atoms with van der Waals surface area (Å²) in [5.74, 6) is 0.595. The number of thioether (sulfide) groups is 1. The van der Waals surface area contributed by atoms with Gasteiger partial charge in [0.05, 0.1) is 12.4 Å². The van der Waals surface area contributed by atoms with Gasteiger partial charge in [0.1, 0.15) is 0 Å². The summed E-state index contributed by atoms with van der Waals surface area (Å²) < 4.78 is 0.118. The predicted octanol–water partition coefficient (Wildman–Crippen LogP) is 2.19. The molecule has 100 valence electrons. The van der Waals surface area contributed by atoms with Gasteiger partial charge in [-0.3, -0.25) is 4.79 Å². The maximum Gasteiger partial charge on any atom is 0.230 e. The molecule has 2 unspecified atom stereocenters. The van der Waals surface area contributed by atoms with Crippen molar-refractivity contribution in [2.75, 3.05) is 12.4 Å². The third-order valence-corrected chi connectivity index (χ3v) is 4.69. The second-order valence-corrected chi connectivity index (χ2v) is 8.03. The first-order chi connectivity index (χ1) is 7.77. The fourth-order valence-electron chi connectivity index (χ4n) is 2.19. The van der Waals surface area contributed by atoms with Crippen molar-refractivity contribution in [3.05, 3.63) is 0 Å². The van der Waals surface area contributed by atoms with Gasteiger partial charge in [-0.05, 0) is 12.8 Å². The summed E-state index contributed by atoms with van der Waals surface area (Å²) in [4.78, 5) is 11.8. The normalized spacial score (nSPS) is 29.4. The van der Waals surface area contributed by atoms with Gasteiger partial charge in [-0.2, -0.15) is 0 Å².